The van der Waals surface area contributed by atoms with Gasteiger partial charge in [0.25, 0.3) is 5.89 Å². The third kappa shape index (κ3) is 6.33. The maximum Gasteiger partial charge on any atom is 0.410 e. The number of benzene rings is 2. The van der Waals surface area contributed by atoms with Crippen LogP contribution < -0.4 is 4.74 Å². The molecule has 0 unspecified atom stereocenters. The zero-order valence-electron chi connectivity index (χ0n) is 19.2. The molecule has 1 aromatic heterocycles. The van der Waals surface area contributed by atoms with E-state index in [0.717, 1.165) is 16.9 Å². The maximum atomic E-state index is 12.4. The van der Waals surface area contributed by atoms with Crippen molar-refractivity contribution in [2.24, 2.45) is 5.92 Å². The number of aromatic nitrogens is 2. The lowest BCUT2D eigenvalue weighted by molar-refractivity contribution is 0.0816. The van der Waals surface area contributed by atoms with Crippen LogP contribution in [-0.4, -0.2) is 40.9 Å². The number of nitrogens with zero attached hydrogens (tertiary/aromatic N) is 3. The van der Waals surface area contributed by atoms with Crippen LogP contribution in [0.25, 0.3) is 11.5 Å². The zero-order chi connectivity index (χ0) is 22.9. The Morgan fingerprint density at radius 2 is 1.78 bits per heavy atom. The second kappa shape index (κ2) is 11.3. The van der Waals surface area contributed by atoms with Gasteiger partial charge in [-0.25, -0.2) is 4.79 Å². The molecule has 0 aliphatic carbocycles. The highest BCUT2D eigenvalue weighted by molar-refractivity contribution is 5.68. The van der Waals surface area contributed by atoms with Crippen molar-refractivity contribution in [3.63, 3.8) is 0 Å². The van der Waals surface area contributed by atoms with Crippen LogP contribution in [0.3, 0.4) is 0 Å². The van der Waals surface area contributed by atoms with Gasteiger partial charge in [0.15, 0.2) is 5.82 Å². The van der Waals surface area contributed by atoms with Gasteiger partial charge in [-0.15, -0.1) is 0 Å². The van der Waals surface area contributed by atoms with Gasteiger partial charge in [0.05, 0.1) is 19.3 Å². The average Bonchev–Trinajstić information content (AvgIpc) is 3.28. The fraction of sp³-hybridized carbons (Fsp3) is 0.400. The van der Waals surface area contributed by atoms with E-state index in [1.54, 1.807) is 4.90 Å². The molecule has 3 rings (SSSR count). The molecular formula is C25H31N3O4. The van der Waals surface area contributed by atoms with Crippen molar-refractivity contribution < 1.29 is 18.8 Å². The highest BCUT2D eigenvalue weighted by atomic mass is 16.6. The molecule has 2 aromatic carbocycles. The minimum absolute atomic E-state index is 0.0931. The summed E-state index contributed by atoms with van der Waals surface area (Å²) in [6.07, 6.45) is 0.254. The highest BCUT2D eigenvalue weighted by Crippen LogP contribution is 2.24. The van der Waals surface area contributed by atoms with Crippen LogP contribution in [0.5, 0.6) is 5.75 Å². The first-order valence-corrected chi connectivity index (χ1v) is 11.0. The monoisotopic (exact) mass is 437 g/mol. The summed E-state index contributed by atoms with van der Waals surface area (Å²) >= 11 is 0. The first-order valence-electron chi connectivity index (χ1n) is 11.0. The van der Waals surface area contributed by atoms with Crippen molar-refractivity contribution >= 4 is 6.09 Å². The van der Waals surface area contributed by atoms with Gasteiger partial charge in [0, 0.05) is 18.5 Å². The highest BCUT2D eigenvalue weighted by Gasteiger charge is 2.21. The number of carbonyl (C=O) groups is 1. The molecule has 3 aromatic rings. The van der Waals surface area contributed by atoms with Crippen molar-refractivity contribution in [2.75, 3.05) is 19.8 Å². The molecule has 0 aliphatic rings. The molecule has 7 nitrogen and oxygen atoms in total. The van der Waals surface area contributed by atoms with Crippen LogP contribution in [0.2, 0.25) is 0 Å². The summed E-state index contributed by atoms with van der Waals surface area (Å²) in [6.45, 7) is 9.42. The number of hydrogen-bond acceptors (Lipinski definition) is 6. The second-order valence-corrected chi connectivity index (χ2v) is 7.98. The quantitative estimate of drug-likeness (QED) is 0.415. The van der Waals surface area contributed by atoms with Gasteiger partial charge in [-0.3, -0.25) is 0 Å². The van der Waals surface area contributed by atoms with Crippen molar-refractivity contribution in [3.8, 4) is 17.2 Å². The van der Waals surface area contributed by atoms with E-state index in [0.29, 0.717) is 43.8 Å². The largest absolute Gasteiger partial charge is 0.493 e. The van der Waals surface area contributed by atoms with Crippen molar-refractivity contribution in [2.45, 2.75) is 40.2 Å². The van der Waals surface area contributed by atoms with Crippen LogP contribution in [0.1, 0.15) is 45.1 Å². The van der Waals surface area contributed by atoms with E-state index in [4.69, 9.17) is 14.0 Å². The van der Waals surface area contributed by atoms with E-state index in [-0.39, 0.29) is 12.1 Å². The summed E-state index contributed by atoms with van der Waals surface area (Å²) in [7, 11) is 0. The molecule has 0 radical (unpaired) electrons. The number of amides is 1. The smallest absolute Gasteiger partial charge is 0.410 e. The van der Waals surface area contributed by atoms with Gasteiger partial charge < -0.3 is 18.9 Å². The topological polar surface area (TPSA) is 77.7 Å². The molecule has 1 atom stereocenters. The van der Waals surface area contributed by atoms with E-state index in [1.165, 1.54) is 0 Å². The lowest BCUT2D eigenvalue weighted by atomic mass is 10.1. The van der Waals surface area contributed by atoms with Gasteiger partial charge in [-0.2, -0.15) is 4.98 Å². The Bertz CT molecular complexity index is 970. The van der Waals surface area contributed by atoms with E-state index < -0.39 is 0 Å². The van der Waals surface area contributed by atoms with Crippen LogP contribution in [0.4, 0.5) is 4.79 Å². The summed E-state index contributed by atoms with van der Waals surface area (Å²) in [6, 6.07) is 17.3. The van der Waals surface area contributed by atoms with Gasteiger partial charge in [-0.05, 0) is 49.6 Å². The summed E-state index contributed by atoms with van der Waals surface area (Å²) < 4.78 is 16.5. The summed E-state index contributed by atoms with van der Waals surface area (Å²) in [4.78, 5) is 18.5. The molecule has 0 fully saturated rings. The lowest BCUT2D eigenvalue weighted by Gasteiger charge is -2.28. The molecule has 7 heteroatoms. The molecule has 32 heavy (non-hydrogen) atoms. The fourth-order valence-electron chi connectivity index (χ4n) is 3.22. The van der Waals surface area contributed by atoms with Crippen molar-refractivity contribution in [1.82, 2.24) is 15.0 Å². The Morgan fingerprint density at radius 1 is 1.06 bits per heavy atom. The van der Waals surface area contributed by atoms with Gasteiger partial charge in [-0.1, -0.05) is 49.3 Å². The molecule has 0 aliphatic heterocycles. The second-order valence-electron chi connectivity index (χ2n) is 7.98. The Hall–Kier alpha value is -3.35. The molecule has 0 saturated heterocycles. The van der Waals surface area contributed by atoms with E-state index in [1.807, 2.05) is 82.3 Å². The first-order chi connectivity index (χ1) is 15.5. The molecule has 0 N–H and O–H groups in total. The van der Waals surface area contributed by atoms with Gasteiger partial charge >= 0.3 is 6.09 Å². The lowest BCUT2D eigenvalue weighted by Crippen LogP contribution is -2.34. The third-order valence-electron chi connectivity index (χ3n) is 5.03. The van der Waals surface area contributed by atoms with E-state index >= 15 is 0 Å². The molecule has 0 saturated carbocycles. The van der Waals surface area contributed by atoms with Gasteiger partial charge in [0.2, 0.25) is 0 Å². The van der Waals surface area contributed by atoms with E-state index in [2.05, 4.69) is 10.1 Å². The van der Waals surface area contributed by atoms with Gasteiger partial charge in [0.1, 0.15) is 5.75 Å². The minimum atomic E-state index is -0.288. The predicted molar refractivity (Wildman–Crippen MR) is 122 cm³/mol. The molecule has 1 heterocycles. The van der Waals surface area contributed by atoms with Crippen LogP contribution >= 0.6 is 0 Å². The van der Waals surface area contributed by atoms with Crippen molar-refractivity contribution in [3.05, 3.63) is 66.0 Å². The average molecular weight is 438 g/mol. The first kappa shape index (κ1) is 23.3. The third-order valence-corrected chi connectivity index (χ3v) is 5.03. The predicted octanol–water partition coefficient (Wildman–Crippen LogP) is 5.53. The number of carbonyl (C=O) groups excluding carboxylic acids is 1. The van der Waals surface area contributed by atoms with Crippen LogP contribution in [0.15, 0.2) is 59.1 Å². The Labute approximate surface area is 189 Å². The molecule has 170 valence electrons. The van der Waals surface area contributed by atoms with E-state index in [9.17, 15) is 4.79 Å². The SMILES string of the molecule is CCN(C(=O)OCC(C)C)[C@@H](C)c1ccc(OCCc2noc(-c3ccccc3)n2)cc1. The maximum absolute atomic E-state index is 12.4. The summed E-state index contributed by atoms with van der Waals surface area (Å²) in [5.74, 6) is 2.17. The zero-order valence-corrected chi connectivity index (χ0v) is 19.2. The number of hydrogen-bond donors (Lipinski definition) is 0. The Balaban J connectivity index is 1.51. The summed E-state index contributed by atoms with van der Waals surface area (Å²) in [5, 5.41) is 4.02. The normalized spacial score (nSPS) is 11.9. The minimum Gasteiger partial charge on any atom is -0.493 e. The van der Waals surface area contributed by atoms with Crippen molar-refractivity contribution in [1.29, 1.82) is 0 Å². The number of ether oxygens (including phenoxy) is 2. The fourth-order valence-corrected chi connectivity index (χ4v) is 3.22. The molecule has 1 amide bonds. The Kier molecular flexibility index (Phi) is 8.25. The number of rotatable bonds is 10. The van der Waals surface area contributed by atoms with Crippen LogP contribution in [-0.2, 0) is 11.2 Å². The Morgan fingerprint density at radius 3 is 2.44 bits per heavy atom. The molecular weight excluding hydrogens is 406 g/mol. The molecule has 0 spiro atoms. The molecule has 0 bridgehead atoms. The standard InChI is InChI=1S/C25H31N3O4/c1-5-28(25(29)31-17-18(2)3)19(4)20-11-13-22(14-12-20)30-16-15-23-26-24(32-27-23)21-9-7-6-8-10-21/h6-14,18-19H,5,15-17H2,1-4H3/t19-/m0/s1. The summed E-state index contributed by atoms with van der Waals surface area (Å²) in [5.41, 5.74) is 1.91. The van der Waals surface area contributed by atoms with Crippen LogP contribution in [0, 0.1) is 5.92 Å².